The van der Waals surface area contributed by atoms with Gasteiger partial charge in [-0.1, -0.05) is 43.3 Å². The number of rotatable bonds is 6. The largest absolute Gasteiger partial charge is 0.495 e. The molecule has 0 radical (unpaired) electrons. The Kier molecular flexibility index (Phi) is 6.32. The van der Waals surface area contributed by atoms with Gasteiger partial charge in [-0.25, -0.2) is 9.97 Å². The van der Waals surface area contributed by atoms with Crippen molar-refractivity contribution in [2.75, 3.05) is 7.11 Å². The van der Waals surface area contributed by atoms with Crippen molar-refractivity contribution in [2.45, 2.75) is 26.2 Å². The highest BCUT2D eigenvalue weighted by molar-refractivity contribution is 5.96. The van der Waals surface area contributed by atoms with Crippen LogP contribution in [0.3, 0.4) is 0 Å². The van der Waals surface area contributed by atoms with E-state index in [1.165, 1.54) is 0 Å². The van der Waals surface area contributed by atoms with Crippen LogP contribution in [0.25, 0.3) is 38.6 Å². The molecule has 0 aliphatic carbocycles. The number of pyridine rings is 3. The van der Waals surface area contributed by atoms with Crippen LogP contribution in [0.15, 0.2) is 96.2 Å². The van der Waals surface area contributed by atoms with Gasteiger partial charge < -0.3 is 4.74 Å². The fraction of sp³-hybridized carbons (Fsp3) is 0.156. The Hall–Kier alpha value is -4.91. The van der Waals surface area contributed by atoms with E-state index >= 15 is 0 Å². The van der Waals surface area contributed by atoms with Crippen LogP contribution in [0.2, 0.25) is 0 Å². The third kappa shape index (κ3) is 4.52. The Labute approximate surface area is 225 Å². The summed E-state index contributed by atoms with van der Waals surface area (Å²) in [5.74, 6) is 1.30. The monoisotopic (exact) mass is 513 g/mol. The van der Waals surface area contributed by atoms with E-state index in [1.54, 1.807) is 25.7 Å². The molecule has 0 N–H and O–H groups in total. The van der Waals surface area contributed by atoms with E-state index in [1.807, 2.05) is 78.2 Å². The van der Waals surface area contributed by atoms with Crippen LogP contribution < -0.4 is 10.3 Å². The first-order valence-corrected chi connectivity index (χ1v) is 12.8. The maximum Gasteiger partial charge on any atom is 0.263 e. The minimum absolute atomic E-state index is 0.0380. The SMILES string of the molecule is COc1cncc(-c2cccc3cc([C@H](C)Cc4nc(C)nc5cccnc45)n(-c4ccccc4)c(=O)c23)c1. The van der Waals surface area contributed by atoms with Crippen LogP contribution >= 0.6 is 0 Å². The fourth-order valence-corrected chi connectivity index (χ4v) is 5.20. The molecular weight excluding hydrogens is 486 g/mol. The van der Waals surface area contributed by atoms with Crippen LogP contribution in [0.5, 0.6) is 5.75 Å². The minimum Gasteiger partial charge on any atom is -0.495 e. The van der Waals surface area contributed by atoms with Crippen molar-refractivity contribution in [3.05, 3.63) is 119 Å². The highest BCUT2D eigenvalue weighted by Gasteiger charge is 2.21. The first-order valence-electron chi connectivity index (χ1n) is 12.8. The molecule has 0 aliphatic heterocycles. The topological polar surface area (TPSA) is 82.8 Å². The summed E-state index contributed by atoms with van der Waals surface area (Å²) in [5, 5.41) is 1.51. The molecule has 0 aliphatic rings. The van der Waals surface area contributed by atoms with Crippen LogP contribution in [0.4, 0.5) is 0 Å². The molecule has 1 atom stereocenters. The number of nitrogens with zero attached hydrogens (tertiary/aromatic N) is 5. The van der Waals surface area contributed by atoms with Crippen molar-refractivity contribution < 1.29 is 4.74 Å². The van der Waals surface area contributed by atoms with Crippen molar-refractivity contribution in [1.82, 2.24) is 24.5 Å². The second-order valence-corrected chi connectivity index (χ2v) is 9.62. The number of benzene rings is 2. The van der Waals surface area contributed by atoms with Crippen LogP contribution in [0.1, 0.15) is 30.1 Å². The van der Waals surface area contributed by atoms with Crippen LogP contribution in [-0.2, 0) is 6.42 Å². The number of ether oxygens (including phenoxy) is 1. The van der Waals surface area contributed by atoms with Gasteiger partial charge in [0, 0.05) is 41.7 Å². The van der Waals surface area contributed by atoms with Gasteiger partial charge in [0.15, 0.2) is 0 Å². The molecule has 0 saturated carbocycles. The smallest absolute Gasteiger partial charge is 0.263 e. The molecule has 0 unspecified atom stereocenters. The zero-order chi connectivity index (χ0) is 26.9. The summed E-state index contributed by atoms with van der Waals surface area (Å²) in [4.78, 5) is 32.6. The maximum absolute atomic E-state index is 14.4. The number of aryl methyl sites for hydroxylation is 1. The normalized spacial score (nSPS) is 12.1. The lowest BCUT2D eigenvalue weighted by molar-refractivity contribution is 0.413. The Morgan fingerprint density at radius 1 is 0.949 bits per heavy atom. The molecule has 39 heavy (non-hydrogen) atoms. The highest BCUT2D eigenvalue weighted by Crippen LogP contribution is 2.32. The van der Waals surface area contributed by atoms with Gasteiger partial charge in [-0.3, -0.25) is 19.3 Å². The zero-order valence-corrected chi connectivity index (χ0v) is 22.0. The minimum atomic E-state index is -0.0826. The lowest BCUT2D eigenvalue weighted by atomic mass is 9.95. The maximum atomic E-state index is 14.4. The quantitative estimate of drug-likeness (QED) is 0.269. The van der Waals surface area contributed by atoms with Crippen LogP contribution in [-0.4, -0.2) is 31.6 Å². The molecule has 7 heteroatoms. The van der Waals surface area contributed by atoms with Gasteiger partial charge >= 0.3 is 0 Å². The standard InChI is InChI=1S/C32H27N5O2/c1-20(15-28-31-27(13-8-14-34-31)35-21(2)36-28)29-17-22-9-7-12-26(23-16-25(39-3)19-33-18-23)30(22)32(38)37(29)24-10-5-4-6-11-24/h4-14,16-20H,15H2,1-3H3/t20-/m1/s1. The van der Waals surface area contributed by atoms with Gasteiger partial charge in [0.2, 0.25) is 0 Å². The van der Waals surface area contributed by atoms with E-state index in [0.717, 1.165) is 44.6 Å². The Morgan fingerprint density at radius 2 is 1.79 bits per heavy atom. The van der Waals surface area contributed by atoms with Crippen molar-refractivity contribution in [2.24, 2.45) is 0 Å². The Morgan fingerprint density at radius 3 is 2.62 bits per heavy atom. The molecule has 6 aromatic rings. The summed E-state index contributed by atoms with van der Waals surface area (Å²) in [6.07, 6.45) is 5.79. The number of hydrogen-bond donors (Lipinski definition) is 0. The van der Waals surface area contributed by atoms with E-state index in [0.29, 0.717) is 23.4 Å². The van der Waals surface area contributed by atoms with E-state index < -0.39 is 0 Å². The number of aromatic nitrogens is 5. The van der Waals surface area contributed by atoms with Crippen molar-refractivity contribution in [3.8, 4) is 22.6 Å². The van der Waals surface area contributed by atoms with Crippen molar-refractivity contribution in [3.63, 3.8) is 0 Å². The summed E-state index contributed by atoms with van der Waals surface area (Å²) in [5.41, 5.74) is 5.75. The molecule has 0 spiro atoms. The van der Waals surface area contributed by atoms with E-state index in [4.69, 9.17) is 9.72 Å². The molecule has 0 saturated heterocycles. The average molecular weight is 514 g/mol. The molecule has 4 aromatic heterocycles. The summed E-state index contributed by atoms with van der Waals surface area (Å²) < 4.78 is 7.22. The zero-order valence-electron chi connectivity index (χ0n) is 22.0. The number of methoxy groups -OCH3 is 1. The number of hydrogen-bond acceptors (Lipinski definition) is 6. The van der Waals surface area contributed by atoms with Gasteiger partial charge in [0.25, 0.3) is 5.56 Å². The molecule has 0 bridgehead atoms. The first kappa shape index (κ1) is 24.4. The van der Waals surface area contributed by atoms with E-state index in [9.17, 15) is 4.79 Å². The molecule has 7 nitrogen and oxygen atoms in total. The van der Waals surface area contributed by atoms with Gasteiger partial charge in [0.05, 0.1) is 29.9 Å². The van der Waals surface area contributed by atoms with Crippen molar-refractivity contribution >= 4 is 21.8 Å². The molecule has 2 aromatic carbocycles. The van der Waals surface area contributed by atoms with Gasteiger partial charge in [0.1, 0.15) is 17.1 Å². The van der Waals surface area contributed by atoms with E-state index in [2.05, 4.69) is 27.9 Å². The molecule has 0 fully saturated rings. The van der Waals surface area contributed by atoms with E-state index in [-0.39, 0.29) is 11.5 Å². The summed E-state index contributed by atoms with van der Waals surface area (Å²) in [7, 11) is 1.61. The molecule has 192 valence electrons. The lowest BCUT2D eigenvalue weighted by Crippen LogP contribution is -2.24. The van der Waals surface area contributed by atoms with Gasteiger partial charge in [-0.15, -0.1) is 0 Å². The Bertz CT molecular complexity index is 1880. The van der Waals surface area contributed by atoms with Gasteiger partial charge in [-0.2, -0.15) is 0 Å². The summed E-state index contributed by atoms with van der Waals surface area (Å²) in [6, 6.07) is 23.6. The second kappa shape index (κ2) is 10.1. The fourth-order valence-electron chi connectivity index (χ4n) is 5.20. The van der Waals surface area contributed by atoms with Gasteiger partial charge in [-0.05, 0) is 54.3 Å². The number of fused-ring (bicyclic) bond motifs is 2. The predicted octanol–water partition coefficient (Wildman–Crippen LogP) is 6.05. The first-order chi connectivity index (χ1) is 19.0. The third-order valence-electron chi connectivity index (χ3n) is 6.99. The Balaban J connectivity index is 1.57. The molecule has 6 rings (SSSR count). The summed E-state index contributed by atoms with van der Waals surface area (Å²) >= 11 is 0. The molecular formula is C32H27N5O2. The third-order valence-corrected chi connectivity index (χ3v) is 6.99. The lowest BCUT2D eigenvalue weighted by Gasteiger charge is -2.21. The second-order valence-electron chi connectivity index (χ2n) is 9.62. The number of para-hydroxylation sites is 1. The highest BCUT2D eigenvalue weighted by atomic mass is 16.5. The van der Waals surface area contributed by atoms with Crippen LogP contribution in [0, 0.1) is 6.92 Å². The van der Waals surface area contributed by atoms with Crippen molar-refractivity contribution in [1.29, 1.82) is 0 Å². The molecule has 4 heterocycles. The molecule has 0 amide bonds. The average Bonchev–Trinajstić information content (AvgIpc) is 2.97. The predicted molar refractivity (Wildman–Crippen MR) is 154 cm³/mol. The summed E-state index contributed by atoms with van der Waals surface area (Å²) in [6.45, 7) is 4.02.